The first-order valence-corrected chi connectivity index (χ1v) is 6.57. The Morgan fingerprint density at radius 3 is 2.42 bits per heavy atom. The summed E-state index contributed by atoms with van der Waals surface area (Å²) in [4.78, 5) is 13.9. The largest absolute Gasteiger partial charge is 0.372 e. The maximum absolute atomic E-state index is 11.6. The Morgan fingerprint density at radius 1 is 1.32 bits per heavy atom. The third kappa shape index (κ3) is 4.32. The number of anilines is 2. The van der Waals surface area contributed by atoms with Crippen LogP contribution in [0.4, 0.5) is 16.2 Å². The molecule has 0 spiro atoms. The highest BCUT2D eigenvalue weighted by atomic mass is 16.2. The number of allylic oxidation sites excluding steroid dienone is 1. The zero-order valence-corrected chi connectivity index (χ0v) is 12.2. The van der Waals surface area contributed by atoms with Crippen LogP contribution in [0.25, 0.3) is 0 Å². The number of hydrogen-bond donors (Lipinski definition) is 2. The normalized spacial score (nSPS) is 9.89. The van der Waals surface area contributed by atoms with Crippen LogP contribution in [-0.2, 0) is 0 Å². The van der Waals surface area contributed by atoms with E-state index < -0.39 is 0 Å². The molecule has 4 heteroatoms. The Bertz CT molecular complexity index is 464. The van der Waals surface area contributed by atoms with Crippen molar-refractivity contribution in [3.05, 3.63) is 36.0 Å². The van der Waals surface area contributed by atoms with Crippen molar-refractivity contribution >= 4 is 17.4 Å². The quantitative estimate of drug-likeness (QED) is 0.852. The molecule has 4 nitrogen and oxygen atoms in total. The van der Waals surface area contributed by atoms with E-state index in [0.29, 0.717) is 5.70 Å². The molecular weight excluding hydrogens is 238 g/mol. The van der Waals surface area contributed by atoms with Crippen LogP contribution in [-0.4, -0.2) is 19.1 Å². The van der Waals surface area contributed by atoms with Gasteiger partial charge in [-0.2, -0.15) is 0 Å². The summed E-state index contributed by atoms with van der Waals surface area (Å²) in [5.74, 6) is 0. The third-order valence-corrected chi connectivity index (χ3v) is 2.91. The number of carbonyl (C=O) groups excluding carboxylic acids is 1. The molecule has 1 aromatic carbocycles. The minimum atomic E-state index is -0.258. The topological polar surface area (TPSA) is 44.4 Å². The summed E-state index contributed by atoms with van der Waals surface area (Å²) in [6.07, 6.45) is 0. The van der Waals surface area contributed by atoms with Gasteiger partial charge in [0, 0.05) is 30.2 Å². The number of nitrogens with zero attached hydrogens (tertiary/aromatic N) is 1. The van der Waals surface area contributed by atoms with Crippen molar-refractivity contribution in [3.8, 4) is 0 Å². The van der Waals surface area contributed by atoms with Crippen molar-refractivity contribution in [2.45, 2.75) is 27.7 Å². The van der Waals surface area contributed by atoms with Crippen molar-refractivity contribution in [3.63, 3.8) is 0 Å². The lowest BCUT2D eigenvalue weighted by atomic mass is 10.1. The fourth-order valence-corrected chi connectivity index (χ4v) is 1.92. The molecule has 0 bridgehead atoms. The number of nitrogens with one attached hydrogen (secondary N) is 2. The van der Waals surface area contributed by atoms with E-state index in [2.05, 4.69) is 42.0 Å². The highest BCUT2D eigenvalue weighted by molar-refractivity contribution is 5.91. The van der Waals surface area contributed by atoms with Gasteiger partial charge in [-0.15, -0.1) is 0 Å². The number of rotatable bonds is 5. The summed E-state index contributed by atoms with van der Waals surface area (Å²) in [7, 11) is 0. The van der Waals surface area contributed by atoms with Gasteiger partial charge in [-0.25, -0.2) is 4.79 Å². The van der Waals surface area contributed by atoms with Gasteiger partial charge in [0.1, 0.15) is 0 Å². The van der Waals surface area contributed by atoms with Gasteiger partial charge in [0.2, 0.25) is 0 Å². The maximum atomic E-state index is 11.6. The van der Waals surface area contributed by atoms with E-state index in [1.807, 2.05) is 19.1 Å². The van der Waals surface area contributed by atoms with Crippen LogP contribution in [0.15, 0.2) is 30.5 Å². The molecule has 0 aliphatic heterocycles. The summed E-state index contributed by atoms with van der Waals surface area (Å²) in [6.45, 7) is 13.6. The predicted molar refractivity (Wildman–Crippen MR) is 81.7 cm³/mol. The summed E-state index contributed by atoms with van der Waals surface area (Å²) in [5.41, 5.74) is 3.65. The van der Waals surface area contributed by atoms with E-state index in [-0.39, 0.29) is 6.03 Å². The second kappa shape index (κ2) is 6.83. The highest BCUT2D eigenvalue weighted by Gasteiger charge is 2.07. The lowest BCUT2D eigenvalue weighted by Gasteiger charge is -2.22. The van der Waals surface area contributed by atoms with Gasteiger partial charge >= 0.3 is 6.03 Å². The predicted octanol–water partition coefficient (Wildman–Crippen LogP) is 3.50. The standard InChI is InChI=1S/C15H23N3O/c1-6-18(7-2)13-8-9-14(12(5)10-13)17-15(19)16-11(3)4/h8-10H,3,6-7H2,1-2,4-5H3,(H2,16,17,19). The van der Waals surface area contributed by atoms with E-state index in [1.54, 1.807) is 6.92 Å². The SMILES string of the molecule is C=C(C)NC(=O)Nc1ccc(N(CC)CC)cc1C. The molecule has 0 saturated heterocycles. The van der Waals surface area contributed by atoms with Crippen LogP contribution in [0.3, 0.4) is 0 Å². The zero-order valence-electron chi connectivity index (χ0n) is 12.2. The third-order valence-electron chi connectivity index (χ3n) is 2.91. The molecule has 0 aromatic heterocycles. The van der Waals surface area contributed by atoms with Crippen LogP contribution in [0.5, 0.6) is 0 Å². The molecule has 0 aliphatic rings. The Labute approximate surface area is 115 Å². The van der Waals surface area contributed by atoms with Crippen LogP contribution >= 0.6 is 0 Å². The van der Waals surface area contributed by atoms with Crippen molar-refractivity contribution in [2.75, 3.05) is 23.3 Å². The smallest absolute Gasteiger partial charge is 0.323 e. The number of aryl methyl sites for hydroxylation is 1. The van der Waals surface area contributed by atoms with E-state index >= 15 is 0 Å². The van der Waals surface area contributed by atoms with Crippen LogP contribution in [0.2, 0.25) is 0 Å². The van der Waals surface area contributed by atoms with Gasteiger partial charge in [0.25, 0.3) is 0 Å². The van der Waals surface area contributed by atoms with E-state index in [1.165, 1.54) is 5.69 Å². The molecule has 2 N–H and O–H groups in total. The van der Waals surface area contributed by atoms with Gasteiger partial charge in [0.15, 0.2) is 0 Å². The second-order valence-electron chi connectivity index (χ2n) is 4.53. The number of carbonyl (C=O) groups is 1. The number of urea groups is 1. The second-order valence-corrected chi connectivity index (χ2v) is 4.53. The van der Waals surface area contributed by atoms with Gasteiger partial charge in [0.05, 0.1) is 0 Å². The molecule has 0 aliphatic carbocycles. The molecule has 0 heterocycles. The molecule has 0 radical (unpaired) electrons. The minimum absolute atomic E-state index is 0.258. The first-order chi connectivity index (χ1) is 8.97. The average Bonchev–Trinajstić information content (AvgIpc) is 2.33. The molecule has 0 unspecified atom stereocenters. The van der Waals surface area contributed by atoms with Crippen LogP contribution < -0.4 is 15.5 Å². The van der Waals surface area contributed by atoms with Crippen molar-refractivity contribution < 1.29 is 4.79 Å². The zero-order chi connectivity index (χ0) is 14.4. The highest BCUT2D eigenvalue weighted by Crippen LogP contribution is 2.22. The molecule has 0 atom stereocenters. The van der Waals surface area contributed by atoms with Crippen molar-refractivity contribution in [1.82, 2.24) is 5.32 Å². The van der Waals surface area contributed by atoms with Crippen LogP contribution in [0, 0.1) is 6.92 Å². The first-order valence-electron chi connectivity index (χ1n) is 6.57. The minimum Gasteiger partial charge on any atom is -0.372 e. The summed E-state index contributed by atoms with van der Waals surface area (Å²) < 4.78 is 0. The Hall–Kier alpha value is -1.97. The summed E-state index contributed by atoms with van der Waals surface area (Å²) in [6, 6.07) is 5.78. The summed E-state index contributed by atoms with van der Waals surface area (Å²) >= 11 is 0. The fourth-order valence-electron chi connectivity index (χ4n) is 1.92. The lowest BCUT2D eigenvalue weighted by Crippen LogP contribution is -2.27. The monoisotopic (exact) mass is 261 g/mol. The van der Waals surface area contributed by atoms with Gasteiger partial charge in [-0.05, 0) is 51.5 Å². The maximum Gasteiger partial charge on any atom is 0.323 e. The molecule has 2 amide bonds. The Morgan fingerprint density at radius 2 is 1.95 bits per heavy atom. The van der Waals surface area contributed by atoms with E-state index in [4.69, 9.17) is 0 Å². The molecule has 0 fully saturated rings. The molecule has 1 aromatic rings. The van der Waals surface area contributed by atoms with Crippen molar-refractivity contribution in [2.24, 2.45) is 0 Å². The molecular formula is C15H23N3O. The molecule has 19 heavy (non-hydrogen) atoms. The first kappa shape index (κ1) is 15.1. The Balaban J connectivity index is 2.82. The molecule has 0 saturated carbocycles. The van der Waals surface area contributed by atoms with Gasteiger partial charge in [-0.1, -0.05) is 6.58 Å². The molecule has 1 rings (SSSR count). The van der Waals surface area contributed by atoms with E-state index in [0.717, 1.165) is 24.3 Å². The lowest BCUT2D eigenvalue weighted by molar-refractivity contribution is 0.254. The fraction of sp³-hybridized carbons (Fsp3) is 0.400. The number of amides is 2. The molecule has 104 valence electrons. The van der Waals surface area contributed by atoms with Gasteiger partial charge < -0.3 is 15.5 Å². The van der Waals surface area contributed by atoms with Crippen molar-refractivity contribution in [1.29, 1.82) is 0 Å². The van der Waals surface area contributed by atoms with Crippen LogP contribution in [0.1, 0.15) is 26.3 Å². The van der Waals surface area contributed by atoms with Gasteiger partial charge in [-0.3, -0.25) is 0 Å². The summed E-state index contributed by atoms with van der Waals surface area (Å²) in [5, 5.41) is 5.44. The average molecular weight is 261 g/mol. The van der Waals surface area contributed by atoms with E-state index in [9.17, 15) is 4.79 Å². The number of hydrogen-bond acceptors (Lipinski definition) is 2. The Kier molecular flexibility index (Phi) is 5.42. The number of benzene rings is 1.